The standard InChI is InChI=1S/C20H17NO2/c1-15-18(14-16-8-4-2-5-9-16)12-13-19(20(15)21(22)23)17-10-6-3-7-11-17/h2-13H,14H2,1H3. The highest BCUT2D eigenvalue weighted by Crippen LogP contribution is 2.35. The third-order valence-corrected chi connectivity index (χ3v) is 4.05. The van der Waals surface area contributed by atoms with Crippen molar-refractivity contribution in [2.45, 2.75) is 13.3 Å². The normalized spacial score (nSPS) is 10.5. The van der Waals surface area contributed by atoms with E-state index in [9.17, 15) is 10.1 Å². The highest BCUT2D eigenvalue weighted by atomic mass is 16.6. The Balaban J connectivity index is 2.08. The van der Waals surface area contributed by atoms with Crippen molar-refractivity contribution in [1.82, 2.24) is 0 Å². The molecule has 0 aliphatic rings. The monoisotopic (exact) mass is 303 g/mol. The van der Waals surface area contributed by atoms with Crippen LogP contribution in [0.5, 0.6) is 0 Å². The van der Waals surface area contributed by atoms with Gasteiger partial charge in [0.15, 0.2) is 0 Å². The maximum Gasteiger partial charge on any atom is 0.280 e. The zero-order chi connectivity index (χ0) is 16.2. The van der Waals surface area contributed by atoms with E-state index in [0.29, 0.717) is 12.0 Å². The van der Waals surface area contributed by atoms with E-state index in [1.165, 1.54) is 0 Å². The zero-order valence-corrected chi connectivity index (χ0v) is 12.9. The molecule has 0 bridgehead atoms. The fourth-order valence-corrected chi connectivity index (χ4v) is 2.84. The van der Waals surface area contributed by atoms with Crippen molar-refractivity contribution in [3.05, 3.63) is 99.6 Å². The molecule has 0 spiro atoms. The highest BCUT2D eigenvalue weighted by molar-refractivity contribution is 5.76. The third-order valence-electron chi connectivity index (χ3n) is 4.05. The van der Waals surface area contributed by atoms with Crippen LogP contribution in [0.4, 0.5) is 5.69 Å². The Bertz CT molecular complexity index is 827. The van der Waals surface area contributed by atoms with Crippen LogP contribution in [0.25, 0.3) is 11.1 Å². The lowest BCUT2D eigenvalue weighted by molar-refractivity contribution is -0.384. The van der Waals surface area contributed by atoms with E-state index in [2.05, 4.69) is 0 Å². The average molecular weight is 303 g/mol. The summed E-state index contributed by atoms with van der Waals surface area (Å²) in [6, 6.07) is 23.4. The van der Waals surface area contributed by atoms with Crippen molar-refractivity contribution in [2.75, 3.05) is 0 Å². The number of nitro groups is 1. The van der Waals surface area contributed by atoms with Crippen molar-refractivity contribution in [3.8, 4) is 11.1 Å². The Hall–Kier alpha value is -2.94. The third kappa shape index (κ3) is 3.14. The second kappa shape index (κ2) is 6.44. The molecule has 0 N–H and O–H groups in total. The first-order valence-electron chi connectivity index (χ1n) is 7.53. The zero-order valence-electron chi connectivity index (χ0n) is 12.9. The van der Waals surface area contributed by atoms with Crippen LogP contribution < -0.4 is 0 Å². The molecule has 3 aromatic rings. The summed E-state index contributed by atoms with van der Waals surface area (Å²) in [7, 11) is 0. The van der Waals surface area contributed by atoms with Gasteiger partial charge in [-0.15, -0.1) is 0 Å². The maximum atomic E-state index is 11.6. The summed E-state index contributed by atoms with van der Waals surface area (Å²) in [5.41, 5.74) is 4.61. The van der Waals surface area contributed by atoms with E-state index in [-0.39, 0.29) is 10.6 Å². The Labute approximate surface area is 135 Å². The second-order valence-corrected chi connectivity index (χ2v) is 5.53. The van der Waals surface area contributed by atoms with E-state index in [4.69, 9.17) is 0 Å². The molecule has 0 fully saturated rings. The topological polar surface area (TPSA) is 43.1 Å². The van der Waals surface area contributed by atoms with Gasteiger partial charge in [-0.2, -0.15) is 0 Å². The molecule has 3 rings (SSSR count). The predicted octanol–water partition coefficient (Wildman–Crippen LogP) is 5.16. The van der Waals surface area contributed by atoms with Crippen LogP contribution in [0, 0.1) is 17.0 Å². The van der Waals surface area contributed by atoms with Gasteiger partial charge in [-0.25, -0.2) is 0 Å². The number of nitrogens with zero attached hydrogens (tertiary/aromatic N) is 1. The number of nitro benzene ring substituents is 1. The van der Waals surface area contributed by atoms with Crippen LogP contribution in [0.3, 0.4) is 0 Å². The molecule has 23 heavy (non-hydrogen) atoms. The van der Waals surface area contributed by atoms with Crippen molar-refractivity contribution >= 4 is 5.69 Å². The summed E-state index contributed by atoms with van der Waals surface area (Å²) in [6.07, 6.45) is 0.697. The van der Waals surface area contributed by atoms with E-state index in [1.54, 1.807) is 0 Å². The summed E-state index contributed by atoms with van der Waals surface area (Å²) in [4.78, 5) is 11.4. The highest BCUT2D eigenvalue weighted by Gasteiger charge is 2.21. The van der Waals surface area contributed by atoms with Gasteiger partial charge in [0.05, 0.1) is 10.5 Å². The Morgan fingerprint density at radius 1 is 0.870 bits per heavy atom. The lowest BCUT2D eigenvalue weighted by Gasteiger charge is -2.11. The summed E-state index contributed by atoms with van der Waals surface area (Å²) in [5, 5.41) is 11.6. The molecule has 0 unspecified atom stereocenters. The van der Waals surface area contributed by atoms with Crippen molar-refractivity contribution in [3.63, 3.8) is 0 Å². The second-order valence-electron chi connectivity index (χ2n) is 5.53. The van der Waals surface area contributed by atoms with Crippen LogP contribution in [-0.4, -0.2) is 4.92 Å². The Kier molecular flexibility index (Phi) is 4.20. The molecule has 0 radical (unpaired) electrons. The van der Waals surface area contributed by atoms with Gasteiger partial charge in [-0.1, -0.05) is 66.7 Å². The predicted molar refractivity (Wildman–Crippen MR) is 92.5 cm³/mol. The minimum absolute atomic E-state index is 0.199. The minimum Gasteiger partial charge on any atom is -0.258 e. The molecule has 0 saturated heterocycles. The van der Waals surface area contributed by atoms with Crippen LogP contribution >= 0.6 is 0 Å². The number of benzene rings is 3. The fraction of sp³-hybridized carbons (Fsp3) is 0.100. The van der Waals surface area contributed by atoms with Crippen LogP contribution in [-0.2, 0) is 6.42 Å². The van der Waals surface area contributed by atoms with E-state index >= 15 is 0 Å². The fourth-order valence-electron chi connectivity index (χ4n) is 2.84. The molecule has 3 nitrogen and oxygen atoms in total. The van der Waals surface area contributed by atoms with Gasteiger partial charge in [0.25, 0.3) is 5.69 Å². The smallest absolute Gasteiger partial charge is 0.258 e. The molecule has 3 aromatic carbocycles. The first-order chi connectivity index (χ1) is 11.2. The maximum absolute atomic E-state index is 11.6. The Morgan fingerprint density at radius 3 is 2.09 bits per heavy atom. The van der Waals surface area contributed by atoms with Gasteiger partial charge < -0.3 is 0 Å². The molecule has 0 saturated carbocycles. The van der Waals surface area contributed by atoms with E-state index < -0.39 is 0 Å². The van der Waals surface area contributed by atoms with E-state index in [1.807, 2.05) is 79.7 Å². The van der Waals surface area contributed by atoms with Gasteiger partial charge in [0.2, 0.25) is 0 Å². The van der Waals surface area contributed by atoms with Crippen molar-refractivity contribution in [1.29, 1.82) is 0 Å². The van der Waals surface area contributed by atoms with Gasteiger partial charge >= 0.3 is 0 Å². The first-order valence-corrected chi connectivity index (χ1v) is 7.53. The number of hydrogen-bond donors (Lipinski definition) is 0. The van der Waals surface area contributed by atoms with Crippen LogP contribution in [0.2, 0.25) is 0 Å². The molecule has 0 amide bonds. The molecular weight excluding hydrogens is 286 g/mol. The van der Waals surface area contributed by atoms with Gasteiger partial charge in [0, 0.05) is 5.56 Å². The largest absolute Gasteiger partial charge is 0.280 e. The molecule has 0 aliphatic carbocycles. The Morgan fingerprint density at radius 2 is 1.48 bits per heavy atom. The summed E-state index contributed by atoms with van der Waals surface area (Å²) in [5.74, 6) is 0. The van der Waals surface area contributed by atoms with E-state index in [0.717, 1.165) is 22.3 Å². The van der Waals surface area contributed by atoms with Crippen LogP contribution in [0.15, 0.2) is 72.8 Å². The van der Waals surface area contributed by atoms with Gasteiger partial charge in [0.1, 0.15) is 0 Å². The molecule has 0 atom stereocenters. The lowest BCUT2D eigenvalue weighted by atomic mass is 9.94. The molecule has 114 valence electrons. The molecule has 3 heteroatoms. The van der Waals surface area contributed by atoms with Crippen molar-refractivity contribution in [2.24, 2.45) is 0 Å². The number of hydrogen-bond acceptors (Lipinski definition) is 2. The summed E-state index contributed by atoms with van der Waals surface area (Å²) < 4.78 is 0. The lowest BCUT2D eigenvalue weighted by Crippen LogP contribution is -2.00. The summed E-state index contributed by atoms with van der Waals surface area (Å²) >= 11 is 0. The summed E-state index contributed by atoms with van der Waals surface area (Å²) in [6.45, 7) is 1.84. The SMILES string of the molecule is Cc1c(Cc2ccccc2)ccc(-c2ccccc2)c1[N+](=O)[O-]. The molecule has 0 aliphatic heterocycles. The molecular formula is C20H17NO2. The average Bonchev–Trinajstić information content (AvgIpc) is 2.58. The minimum atomic E-state index is -0.272. The molecule has 0 aromatic heterocycles. The number of rotatable bonds is 4. The quantitative estimate of drug-likeness (QED) is 0.493. The van der Waals surface area contributed by atoms with Gasteiger partial charge in [-0.3, -0.25) is 10.1 Å². The molecule has 0 heterocycles. The van der Waals surface area contributed by atoms with Gasteiger partial charge in [-0.05, 0) is 36.1 Å². The first kappa shape index (κ1) is 15.0. The van der Waals surface area contributed by atoms with Crippen LogP contribution in [0.1, 0.15) is 16.7 Å². The van der Waals surface area contributed by atoms with Crippen molar-refractivity contribution < 1.29 is 4.92 Å².